The van der Waals surface area contributed by atoms with Gasteiger partial charge in [0, 0.05) is 32.6 Å². The molecule has 2 heterocycles. The number of aryl methyl sites for hydroxylation is 1. The van der Waals surface area contributed by atoms with Gasteiger partial charge in [0.05, 0.1) is 11.4 Å². The van der Waals surface area contributed by atoms with E-state index in [2.05, 4.69) is 14.9 Å². The fourth-order valence-electron chi connectivity index (χ4n) is 1.87. The molecule has 0 atom stereocenters. The van der Waals surface area contributed by atoms with Crippen LogP contribution in [0.3, 0.4) is 0 Å². The molecule has 0 spiro atoms. The molecule has 1 aliphatic heterocycles. The van der Waals surface area contributed by atoms with Gasteiger partial charge in [-0.1, -0.05) is 0 Å². The Kier molecular flexibility index (Phi) is 2.33. The second kappa shape index (κ2) is 3.47. The first kappa shape index (κ1) is 8.72. The summed E-state index contributed by atoms with van der Waals surface area (Å²) in [6.45, 7) is 5.80. The molecule has 3 N–H and O–H groups in total. The minimum absolute atomic E-state index is 0.739. The van der Waals surface area contributed by atoms with Gasteiger partial charge >= 0.3 is 0 Å². The van der Waals surface area contributed by atoms with Gasteiger partial charge in [-0.15, -0.1) is 0 Å². The molecule has 0 amide bonds. The van der Waals surface area contributed by atoms with Crippen molar-refractivity contribution < 1.29 is 0 Å². The van der Waals surface area contributed by atoms with Crippen LogP contribution in [0, 0.1) is 6.92 Å². The highest BCUT2D eigenvalue weighted by atomic mass is 15.2. The molecule has 72 valence electrons. The van der Waals surface area contributed by atoms with Crippen molar-refractivity contribution in [2.45, 2.75) is 19.9 Å². The molecule has 13 heavy (non-hydrogen) atoms. The summed E-state index contributed by atoms with van der Waals surface area (Å²) in [5, 5.41) is 0. The number of rotatable bonds is 2. The first-order chi connectivity index (χ1) is 6.29. The van der Waals surface area contributed by atoms with Gasteiger partial charge in [0.2, 0.25) is 0 Å². The molecule has 0 aromatic carbocycles. The van der Waals surface area contributed by atoms with Gasteiger partial charge in [-0.2, -0.15) is 0 Å². The molecular formula is C9H16N4. The van der Waals surface area contributed by atoms with E-state index in [0.29, 0.717) is 0 Å². The van der Waals surface area contributed by atoms with Crippen molar-refractivity contribution in [3.63, 3.8) is 0 Å². The second-order valence-electron chi connectivity index (χ2n) is 3.56. The van der Waals surface area contributed by atoms with Crippen molar-refractivity contribution in [2.75, 3.05) is 19.6 Å². The maximum Gasteiger partial charge on any atom is 0.103 e. The van der Waals surface area contributed by atoms with Crippen LogP contribution in [0.2, 0.25) is 0 Å². The lowest BCUT2D eigenvalue weighted by molar-refractivity contribution is 0.257. The average molecular weight is 180 g/mol. The first-order valence-electron chi connectivity index (χ1n) is 4.76. The zero-order valence-corrected chi connectivity index (χ0v) is 8.01. The molecule has 4 heteroatoms. The summed E-state index contributed by atoms with van der Waals surface area (Å²) in [4.78, 5) is 10.1. The van der Waals surface area contributed by atoms with E-state index in [1.54, 1.807) is 0 Å². The standard InChI is InChI=1S/C9H16N4/c1-7-11-8-2-4-13(5-3-10)6-9(8)12-7/h2-6,10H2,1H3,(H,11,12). The fraction of sp³-hybridized carbons (Fsp3) is 0.667. The summed E-state index contributed by atoms with van der Waals surface area (Å²) in [5.41, 5.74) is 8.03. The fourth-order valence-corrected chi connectivity index (χ4v) is 1.87. The van der Waals surface area contributed by atoms with Gasteiger partial charge in [-0.05, 0) is 6.92 Å². The van der Waals surface area contributed by atoms with Crippen LogP contribution >= 0.6 is 0 Å². The highest BCUT2D eigenvalue weighted by Gasteiger charge is 2.18. The Hall–Kier alpha value is -0.870. The number of aromatic nitrogens is 2. The molecule has 1 aromatic heterocycles. The molecule has 0 bridgehead atoms. The van der Waals surface area contributed by atoms with Crippen molar-refractivity contribution in [1.29, 1.82) is 0 Å². The van der Waals surface area contributed by atoms with Crippen LogP contribution in [-0.2, 0) is 13.0 Å². The van der Waals surface area contributed by atoms with Crippen LogP contribution in [0.1, 0.15) is 17.2 Å². The Morgan fingerprint density at radius 2 is 2.46 bits per heavy atom. The van der Waals surface area contributed by atoms with Crippen LogP contribution in [0.25, 0.3) is 0 Å². The predicted molar refractivity (Wildman–Crippen MR) is 51.4 cm³/mol. The first-order valence-corrected chi connectivity index (χ1v) is 4.76. The van der Waals surface area contributed by atoms with Gasteiger partial charge in [-0.25, -0.2) is 4.98 Å². The van der Waals surface area contributed by atoms with Crippen LogP contribution in [0.15, 0.2) is 0 Å². The Labute approximate surface area is 78.1 Å². The SMILES string of the molecule is Cc1nc2c([nH]1)CN(CCN)CC2. The second-order valence-corrected chi connectivity index (χ2v) is 3.56. The maximum absolute atomic E-state index is 5.52. The molecule has 0 fully saturated rings. The lowest BCUT2D eigenvalue weighted by Crippen LogP contribution is -2.34. The number of hydrogen-bond donors (Lipinski definition) is 2. The number of H-pyrrole nitrogens is 1. The van der Waals surface area contributed by atoms with Gasteiger partial charge in [0.1, 0.15) is 5.82 Å². The average Bonchev–Trinajstić information content (AvgIpc) is 2.44. The summed E-state index contributed by atoms with van der Waals surface area (Å²) in [5.74, 6) is 1.03. The molecule has 0 saturated carbocycles. The van der Waals surface area contributed by atoms with E-state index in [9.17, 15) is 0 Å². The van der Waals surface area contributed by atoms with Crippen LogP contribution in [0.5, 0.6) is 0 Å². The van der Waals surface area contributed by atoms with E-state index >= 15 is 0 Å². The zero-order valence-electron chi connectivity index (χ0n) is 8.01. The Morgan fingerprint density at radius 3 is 3.23 bits per heavy atom. The highest BCUT2D eigenvalue weighted by Crippen LogP contribution is 2.15. The number of aromatic amines is 1. The number of nitrogens with one attached hydrogen (secondary N) is 1. The highest BCUT2D eigenvalue weighted by molar-refractivity contribution is 5.17. The Bertz CT molecular complexity index is 292. The summed E-state index contributed by atoms with van der Waals surface area (Å²) in [7, 11) is 0. The van der Waals surface area contributed by atoms with Crippen LogP contribution in [0.4, 0.5) is 0 Å². The van der Waals surface area contributed by atoms with Crippen molar-refractivity contribution in [3.8, 4) is 0 Å². The molecule has 0 unspecified atom stereocenters. The lowest BCUT2D eigenvalue weighted by Gasteiger charge is -2.25. The summed E-state index contributed by atoms with van der Waals surface area (Å²) in [6, 6.07) is 0. The molecular weight excluding hydrogens is 164 g/mol. The van der Waals surface area contributed by atoms with Crippen molar-refractivity contribution >= 4 is 0 Å². The Balaban J connectivity index is 2.10. The third-order valence-electron chi connectivity index (χ3n) is 2.47. The minimum Gasteiger partial charge on any atom is -0.345 e. The molecule has 0 aliphatic carbocycles. The summed E-state index contributed by atoms with van der Waals surface area (Å²) < 4.78 is 0. The van der Waals surface area contributed by atoms with Crippen molar-refractivity contribution in [2.24, 2.45) is 5.73 Å². The van der Waals surface area contributed by atoms with Gasteiger partial charge in [-0.3, -0.25) is 4.90 Å². The van der Waals surface area contributed by atoms with E-state index in [-0.39, 0.29) is 0 Å². The van der Waals surface area contributed by atoms with Crippen LogP contribution in [-0.4, -0.2) is 34.5 Å². The predicted octanol–water partition coefficient (Wildman–Crippen LogP) is 0.0349. The van der Waals surface area contributed by atoms with Gasteiger partial charge in [0.15, 0.2) is 0 Å². The van der Waals surface area contributed by atoms with Crippen molar-refractivity contribution in [1.82, 2.24) is 14.9 Å². The van der Waals surface area contributed by atoms with E-state index < -0.39 is 0 Å². The molecule has 1 aromatic rings. The molecule has 0 saturated heterocycles. The Morgan fingerprint density at radius 1 is 1.62 bits per heavy atom. The number of fused-ring (bicyclic) bond motifs is 1. The molecule has 1 aliphatic rings. The normalized spacial score (nSPS) is 17.4. The van der Waals surface area contributed by atoms with Gasteiger partial charge in [0.25, 0.3) is 0 Å². The van der Waals surface area contributed by atoms with E-state index in [1.165, 1.54) is 11.4 Å². The van der Waals surface area contributed by atoms with Gasteiger partial charge < -0.3 is 10.7 Å². The zero-order chi connectivity index (χ0) is 9.26. The quantitative estimate of drug-likeness (QED) is 0.675. The summed E-state index contributed by atoms with van der Waals surface area (Å²) >= 11 is 0. The maximum atomic E-state index is 5.52. The topological polar surface area (TPSA) is 57.9 Å². The number of nitrogens with zero attached hydrogens (tertiary/aromatic N) is 2. The lowest BCUT2D eigenvalue weighted by atomic mass is 10.1. The monoisotopic (exact) mass is 180 g/mol. The largest absolute Gasteiger partial charge is 0.345 e. The number of hydrogen-bond acceptors (Lipinski definition) is 3. The molecule has 4 nitrogen and oxygen atoms in total. The van der Waals surface area contributed by atoms with E-state index in [0.717, 1.165) is 38.4 Å². The smallest absolute Gasteiger partial charge is 0.103 e. The third kappa shape index (κ3) is 1.73. The number of nitrogens with two attached hydrogens (primary N) is 1. The minimum atomic E-state index is 0.739. The van der Waals surface area contributed by atoms with Crippen LogP contribution < -0.4 is 5.73 Å². The van der Waals surface area contributed by atoms with E-state index in [1.807, 2.05) is 6.92 Å². The molecule has 2 rings (SSSR count). The van der Waals surface area contributed by atoms with E-state index in [4.69, 9.17) is 5.73 Å². The van der Waals surface area contributed by atoms with Crippen molar-refractivity contribution in [3.05, 3.63) is 17.2 Å². The molecule has 0 radical (unpaired) electrons. The summed E-state index contributed by atoms with van der Waals surface area (Å²) in [6.07, 6.45) is 1.06. The third-order valence-corrected chi connectivity index (χ3v) is 2.47. The number of imidazole rings is 1.